The molecule has 14 aromatic rings. The summed E-state index contributed by atoms with van der Waals surface area (Å²) in [6.07, 6.45) is 27.8. The molecule has 12 heterocycles. The van der Waals surface area contributed by atoms with Gasteiger partial charge in [-0.1, -0.05) is 198 Å². The van der Waals surface area contributed by atoms with E-state index < -0.39 is 23.6 Å². The topological polar surface area (TPSA) is 52.6 Å². The van der Waals surface area contributed by atoms with Crippen LogP contribution in [0.25, 0.3) is 132 Å². The number of ether oxygens (including phenoxy) is 2. The van der Waals surface area contributed by atoms with E-state index in [1.807, 2.05) is 70.5 Å². The molecule has 14 rings (SSSR count). The van der Waals surface area contributed by atoms with Crippen LogP contribution in [0.3, 0.4) is 0 Å². The molecule has 0 aliphatic carbocycles. The van der Waals surface area contributed by atoms with Crippen molar-refractivity contribution >= 4 is 208 Å². The first-order chi connectivity index (χ1) is 55.0. The molecule has 12 aromatic heterocycles. The summed E-state index contributed by atoms with van der Waals surface area (Å²) in [4.78, 5) is 47.1. The lowest BCUT2D eigenvalue weighted by Crippen LogP contribution is -2.14. The number of esters is 2. The van der Waals surface area contributed by atoms with Gasteiger partial charge in [-0.2, -0.15) is 0 Å². The first-order valence-electron chi connectivity index (χ1n) is 42.2. The highest BCUT2D eigenvalue weighted by molar-refractivity contribution is 7.36. The predicted octanol–water partition coefficient (Wildman–Crippen LogP) is 35.9. The van der Waals surface area contributed by atoms with Crippen molar-refractivity contribution in [3.63, 3.8) is 0 Å². The maximum Gasteiger partial charge on any atom is 0.351 e. The Bertz CT molecular complexity index is 5390. The number of carbonyl (C=O) groups excluding carboxylic acids is 2. The monoisotopic (exact) mass is 1740 g/mol. The number of aryl methyl sites for hydroxylation is 2. The SMILES string of the molecule is CCCCC(CC)COC(=O)c1sc2c(-c3cc4c(-c5ccc(CC(CC)CCCC)s5)c5sc(-c6sc(C)c7sc(C(=O)OCCC)c(F)c67)cc5c(-c5ccc(CC(CC)CCCC)s5)c4s3)sc(-c3cc4c(-c5ccc(CC(CC)CCCC)s5)c5sc(C)cc5c(-c5ccc(CC(CC)CCCC)s5)c4s3)c2c1F. The smallest absolute Gasteiger partial charge is 0.351 e. The molecule has 4 nitrogen and oxygen atoms in total. The number of carbonyl (C=O) groups is 2. The minimum atomic E-state index is -0.608. The highest BCUT2D eigenvalue weighted by Crippen LogP contribution is 2.61. The van der Waals surface area contributed by atoms with Gasteiger partial charge >= 0.3 is 11.9 Å². The fourth-order valence-electron chi connectivity index (χ4n) is 16.7. The summed E-state index contributed by atoms with van der Waals surface area (Å²) in [5, 5.41) is 5.73. The van der Waals surface area contributed by atoms with Gasteiger partial charge in [0.25, 0.3) is 0 Å². The fraction of sp³-hybridized carbons (Fsp3) is 0.474. The van der Waals surface area contributed by atoms with Crippen molar-refractivity contribution in [1.82, 2.24) is 0 Å². The third kappa shape index (κ3) is 17.8. The second-order valence-corrected chi connectivity index (χ2v) is 44.9. The Labute approximate surface area is 717 Å². The number of hydrogen-bond acceptors (Lipinski definition) is 16. The quantitative estimate of drug-likeness (QED) is 0.0358. The Kier molecular flexibility index (Phi) is 28.8. The van der Waals surface area contributed by atoms with Gasteiger partial charge in [0.15, 0.2) is 11.6 Å². The second-order valence-electron chi connectivity index (χ2n) is 31.5. The van der Waals surface area contributed by atoms with Crippen LogP contribution in [0.15, 0.2) is 72.8 Å². The number of benzene rings is 2. The van der Waals surface area contributed by atoms with Crippen molar-refractivity contribution in [2.75, 3.05) is 13.2 Å². The van der Waals surface area contributed by atoms with E-state index in [1.54, 1.807) is 56.7 Å². The van der Waals surface area contributed by atoms with E-state index >= 15 is 13.6 Å². The molecule has 0 aliphatic heterocycles. The van der Waals surface area contributed by atoms with Crippen molar-refractivity contribution in [2.24, 2.45) is 29.6 Å². The van der Waals surface area contributed by atoms with Crippen LogP contribution in [0.5, 0.6) is 0 Å². The molecule has 0 amide bonds. The Morgan fingerprint density at radius 1 is 0.336 bits per heavy atom. The van der Waals surface area contributed by atoms with Gasteiger partial charge in [-0.3, -0.25) is 0 Å². The lowest BCUT2D eigenvalue weighted by molar-refractivity contribution is 0.0428. The zero-order valence-corrected chi connectivity index (χ0v) is 78.0. The number of thiophene rings is 12. The molecular weight excluding hydrogens is 1630 g/mol. The van der Waals surface area contributed by atoms with Gasteiger partial charge in [-0.15, -0.1) is 136 Å². The van der Waals surface area contributed by atoms with Gasteiger partial charge in [0, 0.05) is 137 Å². The van der Waals surface area contributed by atoms with E-state index in [-0.39, 0.29) is 28.9 Å². The van der Waals surface area contributed by atoms with E-state index in [0.29, 0.717) is 40.9 Å². The fourth-order valence-corrected chi connectivity index (χ4v) is 31.7. The Balaban J connectivity index is 1.03. The third-order valence-electron chi connectivity index (χ3n) is 23.4. The number of rotatable bonds is 41. The summed E-state index contributed by atoms with van der Waals surface area (Å²) in [5.74, 6) is 0.401. The highest BCUT2D eigenvalue weighted by atomic mass is 32.1. The van der Waals surface area contributed by atoms with Crippen LogP contribution in [-0.2, 0) is 35.2 Å². The van der Waals surface area contributed by atoms with Gasteiger partial charge in [-0.05, 0) is 155 Å². The van der Waals surface area contributed by atoms with E-state index in [1.165, 1.54) is 175 Å². The normalized spacial score (nSPS) is 13.6. The zero-order valence-electron chi connectivity index (χ0n) is 68.2. The Hall–Kier alpha value is -4.80. The minimum Gasteiger partial charge on any atom is -0.461 e. The van der Waals surface area contributed by atoms with Crippen LogP contribution in [0, 0.1) is 55.1 Å². The van der Waals surface area contributed by atoms with E-state index in [2.05, 4.69) is 149 Å². The summed E-state index contributed by atoms with van der Waals surface area (Å²) in [7, 11) is 0. The molecule has 0 N–H and O–H groups in total. The molecule has 5 unspecified atom stereocenters. The average molecular weight is 1740 g/mol. The van der Waals surface area contributed by atoms with Crippen LogP contribution >= 0.6 is 136 Å². The molecule has 113 heavy (non-hydrogen) atoms. The van der Waals surface area contributed by atoms with Crippen LogP contribution < -0.4 is 0 Å². The maximum atomic E-state index is 18.9. The van der Waals surface area contributed by atoms with Crippen LogP contribution in [0.4, 0.5) is 8.78 Å². The Morgan fingerprint density at radius 2 is 0.673 bits per heavy atom. The first kappa shape index (κ1) is 84.6. The van der Waals surface area contributed by atoms with E-state index in [4.69, 9.17) is 9.47 Å². The van der Waals surface area contributed by atoms with Gasteiger partial charge in [-0.25, -0.2) is 18.4 Å². The van der Waals surface area contributed by atoms with E-state index in [0.717, 1.165) is 152 Å². The molecule has 0 spiro atoms. The highest BCUT2D eigenvalue weighted by Gasteiger charge is 2.35. The lowest BCUT2D eigenvalue weighted by Gasteiger charge is -2.14. The molecule has 0 radical (unpaired) electrons. The van der Waals surface area contributed by atoms with Gasteiger partial charge in [0.2, 0.25) is 0 Å². The standard InChI is InChI=1S/C95H110F2O4S12/c1-14-25-30-55(20-7)45-60-35-39-68(104-60)75-64-44-53(12)102-84(64)76(69-40-36-61(105-69)46-56(21-8)31-26-15-2)65-50-73(109-85(65)75)89-80-82(97)93(95(99)101-52-59(24-11)34-29-18-5)113-91(80)90(112-89)74-51-67-78(71-42-38-63(107-71)48-58(23-10)33-28-17-4)86-66(77(87(67)110-74)70-41-37-62(106-70)47-57(22-9)32-27-16-3)49-72(108-86)88-79-81(96)92(94(98)100-43-19-6)111-83(79)54(13)103-88/h35-42,44,49-51,55-59H,14-34,43,45-48,52H2,1-13H3. The van der Waals surface area contributed by atoms with Crippen LogP contribution in [0.1, 0.15) is 260 Å². The molecule has 18 heteroatoms. The largest absolute Gasteiger partial charge is 0.461 e. The van der Waals surface area contributed by atoms with Gasteiger partial charge in [0.05, 0.1) is 37.2 Å². The van der Waals surface area contributed by atoms with Crippen molar-refractivity contribution in [3.8, 4) is 71.0 Å². The average Bonchev–Trinajstić information content (AvgIpc) is 1.55. The van der Waals surface area contributed by atoms with Gasteiger partial charge < -0.3 is 9.47 Å². The van der Waals surface area contributed by atoms with E-state index in [9.17, 15) is 4.79 Å². The molecule has 0 aliphatic rings. The molecule has 5 atom stereocenters. The summed E-state index contributed by atoms with van der Waals surface area (Å²) < 4.78 is 54.6. The molecular formula is C95H110F2O4S12. The van der Waals surface area contributed by atoms with Gasteiger partial charge in [0.1, 0.15) is 9.75 Å². The number of hydrogen-bond donors (Lipinski definition) is 0. The molecule has 600 valence electrons. The molecule has 0 saturated heterocycles. The number of fused-ring (bicyclic) bond motifs is 6. The minimum absolute atomic E-state index is 0.0301. The van der Waals surface area contributed by atoms with Crippen molar-refractivity contribution in [2.45, 2.75) is 251 Å². The predicted molar refractivity (Wildman–Crippen MR) is 506 cm³/mol. The maximum absolute atomic E-state index is 18.9. The Morgan fingerprint density at radius 3 is 1.05 bits per heavy atom. The summed E-state index contributed by atoms with van der Waals surface area (Å²) in [6, 6.07) is 28.6. The van der Waals surface area contributed by atoms with Crippen LogP contribution in [-0.4, -0.2) is 25.2 Å². The van der Waals surface area contributed by atoms with Crippen molar-refractivity contribution < 1.29 is 27.8 Å². The molecule has 0 fully saturated rings. The molecule has 0 saturated carbocycles. The first-order valence-corrected chi connectivity index (χ1v) is 52.0. The second kappa shape index (κ2) is 38.5. The number of halogens is 2. The summed E-state index contributed by atoms with van der Waals surface area (Å²) in [5.41, 5.74) is 4.85. The summed E-state index contributed by atoms with van der Waals surface area (Å²) >= 11 is 20.7. The lowest BCUT2D eigenvalue weighted by atomic mass is 9.95. The van der Waals surface area contributed by atoms with Crippen LogP contribution in [0.2, 0.25) is 0 Å². The summed E-state index contributed by atoms with van der Waals surface area (Å²) in [6.45, 7) is 29.7. The zero-order chi connectivity index (χ0) is 79.3. The molecule has 0 bridgehead atoms. The van der Waals surface area contributed by atoms with Crippen molar-refractivity contribution in [3.05, 3.63) is 123 Å². The number of unbranched alkanes of at least 4 members (excludes halogenated alkanes) is 5. The van der Waals surface area contributed by atoms with Crippen molar-refractivity contribution in [1.29, 1.82) is 0 Å². The molecule has 2 aromatic carbocycles. The third-order valence-corrected chi connectivity index (χ3v) is 38.0.